The number of nitrogens with one attached hydrogen (secondary N) is 1. The van der Waals surface area contributed by atoms with Crippen molar-refractivity contribution >= 4 is 23.2 Å². The highest BCUT2D eigenvalue weighted by atomic mass is 32.1. The van der Waals surface area contributed by atoms with E-state index >= 15 is 0 Å². The highest BCUT2D eigenvalue weighted by Gasteiger charge is 2.61. The lowest BCUT2D eigenvalue weighted by atomic mass is 10.0. The molecule has 1 N–H and O–H groups in total. The van der Waals surface area contributed by atoms with Crippen molar-refractivity contribution in [2.45, 2.75) is 25.8 Å². The molecule has 6 heteroatoms. The van der Waals surface area contributed by atoms with Gasteiger partial charge in [0.25, 0.3) is 0 Å². The minimum atomic E-state index is 0.0180. The summed E-state index contributed by atoms with van der Waals surface area (Å²) in [5, 5.41) is 5.01. The van der Waals surface area contributed by atoms with Crippen LogP contribution in [0.25, 0.3) is 0 Å². The van der Waals surface area contributed by atoms with Crippen molar-refractivity contribution in [2.24, 2.45) is 11.3 Å². The Labute approximate surface area is 151 Å². The first-order valence-corrected chi connectivity index (χ1v) is 9.51. The molecule has 2 amide bonds. The van der Waals surface area contributed by atoms with Gasteiger partial charge in [0.2, 0.25) is 11.8 Å². The van der Waals surface area contributed by atoms with E-state index in [0.717, 1.165) is 36.4 Å². The van der Waals surface area contributed by atoms with Crippen LogP contribution in [0.2, 0.25) is 0 Å². The quantitative estimate of drug-likeness (QED) is 0.895. The number of likely N-dealkylation sites (tertiary alicyclic amines) is 1. The van der Waals surface area contributed by atoms with Crippen molar-refractivity contribution < 1.29 is 9.59 Å². The molecule has 2 aromatic rings. The van der Waals surface area contributed by atoms with Crippen molar-refractivity contribution in [3.63, 3.8) is 0 Å². The molecule has 130 valence electrons. The Morgan fingerprint density at radius 2 is 2.28 bits per heavy atom. The zero-order chi connectivity index (χ0) is 17.3. The van der Waals surface area contributed by atoms with Crippen molar-refractivity contribution in [3.05, 3.63) is 52.5 Å². The zero-order valence-electron chi connectivity index (χ0n) is 14.0. The molecule has 3 heterocycles. The normalized spacial score (nSPS) is 24.5. The molecule has 0 radical (unpaired) electrons. The molecule has 1 saturated carbocycles. The maximum Gasteiger partial charge on any atom is 0.227 e. The molecule has 2 unspecified atom stereocenters. The topological polar surface area (TPSA) is 62.3 Å². The van der Waals surface area contributed by atoms with Crippen molar-refractivity contribution in [2.75, 3.05) is 13.1 Å². The smallest absolute Gasteiger partial charge is 0.227 e. The molecule has 1 aliphatic carbocycles. The highest BCUT2D eigenvalue weighted by Crippen LogP contribution is 2.58. The molecule has 2 aliphatic rings. The third-order valence-corrected chi connectivity index (χ3v) is 6.22. The summed E-state index contributed by atoms with van der Waals surface area (Å²) in [5.74, 6) is 0.334. The van der Waals surface area contributed by atoms with Crippen LogP contribution in [-0.2, 0) is 22.6 Å². The Hall–Kier alpha value is -2.21. The van der Waals surface area contributed by atoms with E-state index in [4.69, 9.17) is 0 Å². The van der Waals surface area contributed by atoms with Crippen LogP contribution in [0, 0.1) is 11.3 Å². The monoisotopic (exact) mass is 355 g/mol. The van der Waals surface area contributed by atoms with E-state index in [0.29, 0.717) is 13.0 Å². The maximum absolute atomic E-state index is 12.4. The third-order valence-electron chi connectivity index (χ3n) is 5.34. The first-order chi connectivity index (χ1) is 12.2. The van der Waals surface area contributed by atoms with Crippen LogP contribution in [0.1, 0.15) is 23.3 Å². The van der Waals surface area contributed by atoms with Crippen LogP contribution in [0.3, 0.4) is 0 Å². The molecule has 25 heavy (non-hydrogen) atoms. The minimum Gasteiger partial charge on any atom is -0.352 e. The van der Waals surface area contributed by atoms with Crippen LogP contribution < -0.4 is 5.32 Å². The van der Waals surface area contributed by atoms with Crippen LogP contribution >= 0.6 is 11.3 Å². The first kappa shape index (κ1) is 16.3. The Morgan fingerprint density at radius 3 is 3.04 bits per heavy atom. The summed E-state index contributed by atoms with van der Waals surface area (Å²) in [6, 6.07) is 7.80. The number of amides is 2. The predicted molar refractivity (Wildman–Crippen MR) is 95.8 cm³/mol. The van der Waals surface area contributed by atoms with E-state index in [1.807, 2.05) is 34.5 Å². The van der Waals surface area contributed by atoms with Crippen molar-refractivity contribution in [1.82, 2.24) is 15.2 Å². The number of carbonyl (C=O) groups excluding carboxylic acids is 2. The average molecular weight is 355 g/mol. The van der Waals surface area contributed by atoms with E-state index < -0.39 is 0 Å². The molecule has 1 saturated heterocycles. The van der Waals surface area contributed by atoms with Crippen LogP contribution in [0.5, 0.6) is 0 Å². The van der Waals surface area contributed by atoms with Gasteiger partial charge in [-0.25, -0.2) is 0 Å². The fourth-order valence-corrected chi connectivity index (χ4v) is 4.46. The SMILES string of the molecule is O=C(NCc1cccnc1)C1CC12CCN(C(=O)Cc1cccs1)C2. The van der Waals surface area contributed by atoms with E-state index in [1.165, 1.54) is 0 Å². The molecular formula is C19H21N3O2S. The van der Waals surface area contributed by atoms with E-state index in [2.05, 4.69) is 10.3 Å². The predicted octanol–water partition coefficient (Wildman–Crippen LogP) is 2.24. The van der Waals surface area contributed by atoms with Gasteiger partial charge in [0, 0.05) is 48.2 Å². The second kappa shape index (κ2) is 6.59. The zero-order valence-corrected chi connectivity index (χ0v) is 14.8. The van der Waals surface area contributed by atoms with Gasteiger partial charge in [0.05, 0.1) is 6.42 Å². The second-order valence-corrected chi connectivity index (χ2v) is 8.05. The second-order valence-electron chi connectivity index (χ2n) is 7.02. The largest absolute Gasteiger partial charge is 0.352 e. The number of hydrogen-bond acceptors (Lipinski definition) is 4. The van der Waals surface area contributed by atoms with Gasteiger partial charge in [0.1, 0.15) is 0 Å². The summed E-state index contributed by atoms with van der Waals surface area (Å²) in [7, 11) is 0. The summed E-state index contributed by atoms with van der Waals surface area (Å²) < 4.78 is 0. The minimum absolute atomic E-state index is 0.0180. The number of aromatic nitrogens is 1. The Bertz CT molecular complexity index is 762. The molecule has 2 atom stereocenters. The highest BCUT2D eigenvalue weighted by molar-refractivity contribution is 7.10. The summed E-state index contributed by atoms with van der Waals surface area (Å²) >= 11 is 1.62. The van der Waals surface area contributed by atoms with Crippen LogP contribution in [0.4, 0.5) is 0 Å². The Morgan fingerprint density at radius 1 is 1.36 bits per heavy atom. The molecule has 1 aliphatic heterocycles. The number of hydrogen-bond donors (Lipinski definition) is 1. The van der Waals surface area contributed by atoms with E-state index in [-0.39, 0.29) is 23.1 Å². The number of carbonyl (C=O) groups is 2. The number of rotatable bonds is 5. The fraction of sp³-hybridized carbons (Fsp3) is 0.421. The number of thiophene rings is 1. The molecule has 0 bridgehead atoms. The lowest BCUT2D eigenvalue weighted by Gasteiger charge is -2.16. The van der Waals surface area contributed by atoms with Gasteiger partial charge >= 0.3 is 0 Å². The molecule has 5 nitrogen and oxygen atoms in total. The van der Waals surface area contributed by atoms with Gasteiger partial charge in [-0.05, 0) is 35.9 Å². The maximum atomic E-state index is 12.4. The van der Waals surface area contributed by atoms with Gasteiger partial charge in [-0.3, -0.25) is 14.6 Å². The lowest BCUT2D eigenvalue weighted by molar-refractivity contribution is -0.130. The van der Waals surface area contributed by atoms with Crippen LogP contribution in [-0.4, -0.2) is 34.8 Å². The van der Waals surface area contributed by atoms with Crippen LogP contribution in [0.15, 0.2) is 42.0 Å². The summed E-state index contributed by atoms with van der Waals surface area (Å²) in [6.45, 7) is 2.01. The summed E-state index contributed by atoms with van der Waals surface area (Å²) in [5.41, 5.74) is 1.02. The van der Waals surface area contributed by atoms with Gasteiger partial charge in [-0.2, -0.15) is 0 Å². The standard InChI is InChI=1S/C19H21N3O2S/c23-17(9-15-4-2-8-25-15)22-7-5-19(13-22)10-16(19)18(24)21-12-14-3-1-6-20-11-14/h1-4,6,8,11,16H,5,7,9-10,12-13H2,(H,21,24). The molecule has 4 rings (SSSR count). The Balaban J connectivity index is 1.28. The van der Waals surface area contributed by atoms with Crippen molar-refractivity contribution in [3.8, 4) is 0 Å². The number of nitrogens with zero attached hydrogens (tertiary/aromatic N) is 2. The van der Waals surface area contributed by atoms with E-state index in [9.17, 15) is 9.59 Å². The first-order valence-electron chi connectivity index (χ1n) is 8.63. The lowest BCUT2D eigenvalue weighted by Crippen LogP contribution is -2.32. The Kier molecular flexibility index (Phi) is 4.29. The molecule has 0 aromatic carbocycles. The van der Waals surface area contributed by atoms with Crippen molar-refractivity contribution in [1.29, 1.82) is 0 Å². The number of pyridine rings is 1. The summed E-state index contributed by atoms with van der Waals surface area (Å²) in [4.78, 5) is 32.0. The molecular weight excluding hydrogens is 334 g/mol. The van der Waals surface area contributed by atoms with E-state index in [1.54, 1.807) is 23.7 Å². The van der Waals surface area contributed by atoms with Gasteiger partial charge in [0.15, 0.2) is 0 Å². The average Bonchev–Trinajstić information content (AvgIpc) is 2.96. The molecule has 2 aromatic heterocycles. The van der Waals surface area contributed by atoms with Gasteiger partial charge in [-0.1, -0.05) is 12.1 Å². The third kappa shape index (κ3) is 3.44. The fourth-order valence-electron chi connectivity index (χ4n) is 3.77. The van der Waals surface area contributed by atoms with Gasteiger partial charge < -0.3 is 10.2 Å². The molecule has 2 fully saturated rings. The summed E-state index contributed by atoms with van der Waals surface area (Å²) in [6.07, 6.45) is 5.81. The molecule has 1 spiro atoms. The van der Waals surface area contributed by atoms with Gasteiger partial charge in [-0.15, -0.1) is 11.3 Å².